The molecule has 140 valence electrons. The van der Waals surface area contributed by atoms with Gasteiger partial charge in [-0.1, -0.05) is 19.8 Å². The van der Waals surface area contributed by atoms with Gasteiger partial charge in [-0.25, -0.2) is 9.79 Å². The highest BCUT2D eigenvalue weighted by molar-refractivity contribution is 6.08. The Morgan fingerprint density at radius 2 is 1.96 bits per heavy atom. The molecule has 0 amide bonds. The van der Waals surface area contributed by atoms with Gasteiger partial charge in [0.2, 0.25) is 5.90 Å². The van der Waals surface area contributed by atoms with Gasteiger partial charge in [0.25, 0.3) is 0 Å². The second-order valence-corrected chi connectivity index (χ2v) is 6.98. The molecule has 0 atom stereocenters. The molecule has 1 fully saturated rings. The number of ether oxygens (including phenoxy) is 3. The standard InChI is InChI=1S/C21H27NO4/c1-4-5-14-6-8-15(9-7-14)20-22-18(21(23)26-20)12-16-10-11-17(24-2)13-19(16)25-3/h10-15H,4-9H2,1-3H3. The first kappa shape index (κ1) is 18.5. The summed E-state index contributed by atoms with van der Waals surface area (Å²) in [6.45, 7) is 2.24. The molecule has 2 aliphatic rings. The van der Waals surface area contributed by atoms with Crippen molar-refractivity contribution in [3.8, 4) is 11.5 Å². The fraction of sp³-hybridized carbons (Fsp3) is 0.524. The first-order chi connectivity index (χ1) is 12.6. The van der Waals surface area contributed by atoms with Crippen molar-refractivity contribution < 1.29 is 19.0 Å². The topological polar surface area (TPSA) is 57.1 Å². The smallest absolute Gasteiger partial charge is 0.363 e. The lowest BCUT2D eigenvalue weighted by Crippen LogP contribution is -2.22. The minimum atomic E-state index is -0.381. The lowest BCUT2D eigenvalue weighted by atomic mass is 9.80. The lowest BCUT2D eigenvalue weighted by Gasteiger charge is -2.27. The van der Waals surface area contributed by atoms with E-state index in [0.29, 0.717) is 23.1 Å². The van der Waals surface area contributed by atoms with Crippen LogP contribution in [-0.2, 0) is 9.53 Å². The normalized spacial score (nSPS) is 24.3. The quantitative estimate of drug-likeness (QED) is 0.551. The molecule has 0 spiro atoms. The molecule has 3 rings (SSSR count). The van der Waals surface area contributed by atoms with Gasteiger partial charge in [-0.3, -0.25) is 0 Å². The number of nitrogens with zero attached hydrogens (tertiary/aromatic N) is 1. The van der Waals surface area contributed by atoms with Crippen LogP contribution in [0, 0.1) is 11.8 Å². The first-order valence-corrected chi connectivity index (χ1v) is 9.39. The van der Waals surface area contributed by atoms with Crippen molar-refractivity contribution in [2.24, 2.45) is 16.8 Å². The summed E-state index contributed by atoms with van der Waals surface area (Å²) in [6, 6.07) is 5.46. The van der Waals surface area contributed by atoms with Crippen molar-refractivity contribution in [2.75, 3.05) is 14.2 Å². The second-order valence-electron chi connectivity index (χ2n) is 6.98. The van der Waals surface area contributed by atoms with Gasteiger partial charge in [0.15, 0.2) is 5.70 Å². The number of hydrogen-bond acceptors (Lipinski definition) is 5. The van der Waals surface area contributed by atoms with Crippen LogP contribution in [0.2, 0.25) is 0 Å². The van der Waals surface area contributed by atoms with E-state index in [-0.39, 0.29) is 11.9 Å². The van der Waals surface area contributed by atoms with E-state index in [1.165, 1.54) is 25.7 Å². The van der Waals surface area contributed by atoms with Crippen LogP contribution in [0.1, 0.15) is 51.0 Å². The predicted octanol–water partition coefficient (Wildman–Crippen LogP) is 4.61. The van der Waals surface area contributed by atoms with Gasteiger partial charge in [-0.2, -0.15) is 0 Å². The fourth-order valence-corrected chi connectivity index (χ4v) is 3.79. The van der Waals surface area contributed by atoms with E-state index in [2.05, 4.69) is 11.9 Å². The number of carbonyl (C=O) groups is 1. The maximum Gasteiger partial charge on any atom is 0.363 e. The molecule has 1 aliphatic carbocycles. The Labute approximate surface area is 155 Å². The van der Waals surface area contributed by atoms with Crippen molar-refractivity contribution in [3.63, 3.8) is 0 Å². The molecule has 0 unspecified atom stereocenters. The summed E-state index contributed by atoms with van der Waals surface area (Å²) < 4.78 is 16.1. The monoisotopic (exact) mass is 357 g/mol. The second kappa shape index (κ2) is 8.39. The lowest BCUT2D eigenvalue weighted by molar-refractivity contribution is -0.130. The Morgan fingerprint density at radius 1 is 1.19 bits per heavy atom. The average molecular weight is 357 g/mol. The molecule has 26 heavy (non-hydrogen) atoms. The summed E-state index contributed by atoms with van der Waals surface area (Å²) in [5.74, 6) is 2.61. The largest absolute Gasteiger partial charge is 0.497 e. The highest BCUT2D eigenvalue weighted by Crippen LogP contribution is 2.35. The van der Waals surface area contributed by atoms with Gasteiger partial charge in [-0.05, 0) is 49.8 Å². The molecule has 0 aromatic heterocycles. The molecule has 0 bridgehead atoms. The number of carbonyl (C=O) groups excluding carboxylic acids is 1. The number of hydrogen-bond donors (Lipinski definition) is 0. The minimum Gasteiger partial charge on any atom is -0.497 e. The van der Waals surface area contributed by atoms with Crippen molar-refractivity contribution in [3.05, 3.63) is 29.5 Å². The van der Waals surface area contributed by atoms with E-state index in [1.54, 1.807) is 26.4 Å². The SMILES string of the molecule is CCCC1CCC(C2=NC(=Cc3ccc(OC)cc3OC)C(=O)O2)CC1. The van der Waals surface area contributed by atoms with E-state index < -0.39 is 0 Å². The van der Waals surface area contributed by atoms with Crippen LogP contribution in [0.25, 0.3) is 6.08 Å². The molecule has 0 saturated heterocycles. The fourth-order valence-electron chi connectivity index (χ4n) is 3.79. The Bertz CT molecular complexity index is 715. The molecule has 0 radical (unpaired) electrons. The van der Waals surface area contributed by atoms with Crippen LogP contribution in [0.15, 0.2) is 28.9 Å². The highest BCUT2D eigenvalue weighted by Gasteiger charge is 2.32. The molecule has 1 heterocycles. The highest BCUT2D eigenvalue weighted by atomic mass is 16.6. The number of cyclic esters (lactones) is 1. The van der Waals surface area contributed by atoms with Gasteiger partial charge in [-0.15, -0.1) is 0 Å². The summed E-state index contributed by atoms with van der Waals surface area (Å²) in [7, 11) is 3.19. The molecular weight excluding hydrogens is 330 g/mol. The maximum absolute atomic E-state index is 12.3. The Kier molecular flexibility index (Phi) is 5.96. The third-order valence-electron chi connectivity index (χ3n) is 5.26. The molecule has 1 saturated carbocycles. The van der Waals surface area contributed by atoms with Crippen molar-refractivity contribution in [2.45, 2.75) is 45.4 Å². The minimum absolute atomic E-state index is 0.260. The van der Waals surface area contributed by atoms with Gasteiger partial charge < -0.3 is 14.2 Å². The van der Waals surface area contributed by atoms with E-state index in [0.717, 1.165) is 24.3 Å². The molecule has 5 nitrogen and oxygen atoms in total. The van der Waals surface area contributed by atoms with E-state index in [1.807, 2.05) is 12.1 Å². The van der Waals surface area contributed by atoms with Gasteiger partial charge in [0, 0.05) is 17.5 Å². The van der Waals surface area contributed by atoms with Gasteiger partial charge in [0.1, 0.15) is 11.5 Å². The van der Waals surface area contributed by atoms with Crippen molar-refractivity contribution >= 4 is 17.9 Å². The van der Waals surface area contributed by atoms with E-state index in [4.69, 9.17) is 14.2 Å². The molecule has 1 aliphatic heterocycles. The van der Waals surface area contributed by atoms with Crippen LogP contribution in [0.3, 0.4) is 0 Å². The molecular formula is C21H27NO4. The average Bonchev–Trinajstić information content (AvgIpc) is 3.03. The Balaban J connectivity index is 1.75. The third-order valence-corrected chi connectivity index (χ3v) is 5.26. The third kappa shape index (κ3) is 4.09. The van der Waals surface area contributed by atoms with Crippen LogP contribution < -0.4 is 9.47 Å². The van der Waals surface area contributed by atoms with Gasteiger partial charge in [0.05, 0.1) is 14.2 Å². The summed E-state index contributed by atoms with van der Waals surface area (Å²) in [6.07, 6.45) is 8.74. The summed E-state index contributed by atoms with van der Waals surface area (Å²) >= 11 is 0. The number of rotatable bonds is 6. The summed E-state index contributed by atoms with van der Waals surface area (Å²) in [4.78, 5) is 16.7. The van der Waals surface area contributed by atoms with Crippen molar-refractivity contribution in [1.82, 2.24) is 0 Å². The molecule has 0 N–H and O–H groups in total. The van der Waals surface area contributed by atoms with E-state index in [9.17, 15) is 4.79 Å². The Hall–Kier alpha value is -2.30. The maximum atomic E-state index is 12.3. The summed E-state index contributed by atoms with van der Waals surface area (Å²) in [5, 5.41) is 0. The van der Waals surface area contributed by atoms with Crippen LogP contribution in [0.5, 0.6) is 11.5 Å². The number of benzene rings is 1. The van der Waals surface area contributed by atoms with Crippen LogP contribution >= 0.6 is 0 Å². The van der Waals surface area contributed by atoms with Gasteiger partial charge >= 0.3 is 5.97 Å². The zero-order chi connectivity index (χ0) is 18.5. The molecule has 1 aromatic carbocycles. The van der Waals surface area contributed by atoms with Crippen LogP contribution in [-0.4, -0.2) is 26.1 Å². The predicted molar refractivity (Wildman–Crippen MR) is 101 cm³/mol. The molecule has 5 heteroatoms. The number of aliphatic imine (C=N–C) groups is 1. The zero-order valence-corrected chi connectivity index (χ0v) is 15.8. The summed E-state index contributed by atoms with van der Waals surface area (Å²) in [5.41, 5.74) is 1.11. The first-order valence-electron chi connectivity index (χ1n) is 9.39. The van der Waals surface area contributed by atoms with Crippen LogP contribution in [0.4, 0.5) is 0 Å². The Morgan fingerprint density at radius 3 is 2.62 bits per heavy atom. The van der Waals surface area contributed by atoms with E-state index >= 15 is 0 Å². The number of methoxy groups -OCH3 is 2. The van der Waals surface area contributed by atoms with Crippen molar-refractivity contribution in [1.29, 1.82) is 0 Å². The number of esters is 1. The molecule has 1 aromatic rings. The zero-order valence-electron chi connectivity index (χ0n) is 15.8.